The zero-order valence-corrected chi connectivity index (χ0v) is 9.02. The first-order valence-electron chi connectivity index (χ1n) is 5.47. The van der Waals surface area contributed by atoms with Gasteiger partial charge in [-0.15, -0.1) is 0 Å². The van der Waals surface area contributed by atoms with Crippen LogP contribution < -0.4 is 10.1 Å². The van der Waals surface area contributed by atoms with Crippen LogP contribution >= 0.6 is 0 Å². The summed E-state index contributed by atoms with van der Waals surface area (Å²) in [5, 5.41) is 11.9. The van der Waals surface area contributed by atoms with Crippen molar-refractivity contribution in [3.8, 4) is 11.9 Å². The van der Waals surface area contributed by atoms with Gasteiger partial charge in [0.25, 0.3) is 0 Å². The van der Waals surface area contributed by atoms with Gasteiger partial charge in [-0.05, 0) is 19.4 Å². The highest BCUT2D eigenvalue weighted by Gasteiger charge is 2.13. The average Bonchev–Trinajstić information content (AvgIpc) is 2.38. The SMILES string of the molecule is N#Cc1cnc(OCC2CCCCN2)cn1. The lowest BCUT2D eigenvalue weighted by Crippen LogP contribution is -2.38. The van der Waals surface area contributed by atoms with E-state index in [1.165, 1.54) is 25.2 Å². The van der Waals surface area contributed by atoms with Crippen molar-refractivity contribution in [2.45, 2.75) is 25.3 Å². The van der Waals surface area contributed by atoms with Crippen LogP contribution in [-0.2, 0) is 0 Å². The van der Waals surface area contributed by atoms with E-state index in [2.05, 4.69) is 15.3 Å². The molecule has 0 saturated carbocycles. The fraction of sp³-hybridized carbons (Fsp3) is 0.545. The third-order valence-electron chi connectivity index (χ3n) is 2.59. The van der Waals surface area contributed by atoms with E-state index in [0.29, 0.717) is 24.2 Å². The minimum Gasteiger partial charge on any atom is -0.475 e. The third-order valence-corrected chi connectivity index (χ3v) is 2.59. The molecule has 1 atom stereocenters. The summed E-state index contributed by atoms with van der Waals surface area (Å²) in [5.41, 5.74) is 0.308. The summed E-state index contributed by atoms with van der Waals surface area (Å²) in [6.07, 6.45) is 6.54. The van der Waals surface area contributed by atoms with Crippen molar-refractivity contribution in [1.82, 2.24) is 15.3 Å². The smallest absolute Gasteiger partial charge is 0.232 e. The maximum absolute atomic E-state index is 8.56. The lowest BCUT2D eigenvalue weighted by Gasteiger charge is -2.22. The monoisotopic (exact) mass is 218 g/mol. The summed E-state index contributed by atoms with van der Waals surface area (Å²) < 4.78 is 5.50. The van der Waals surface area contributed by atoms with E-state index in [4.69, 9.17) is 10.00 Å². The van der Waals surface area contributed by atoms with E-state index >= 15 is 0 Å². The molecule has 1 N–H and O–H groups in total. The third kappa shape index (κ3) is 2.91. The van der Waals surface area contributed by atoms with Crippen LogP contribution in [0.3, 0.4) is 0 Å². The van der Waals surface area contributed by atoms with Crippen molar-refractivity contribution < 1.29 is 4.74 Å². The molecule has 84 valence electrons. The first-order chi connectivity index (χ1) is 7.88. The molecular formula is C11H14N4O. The zero-order chi connectivity index (χ0) is 11.2. The summed E-state index contributed by atoms with van der Waals surface area (Å²) in [7, 11) is 0. The molecule has 0 amide bonds. The highest BCUT2D eigenvalue weighted by atomic mass is 16.5. The lowest BCUT2D eigenvalue weighted by molar-refractivity contribution is 0.231. The van der Waals surface area contributed by atoms with E-state index < -0.39 is 0 Å². The minimum atomic E-state index is 0.308. The van der Waals surface area contributed by atoms with Crippen LogP contribution in [0.4, 0.5) is 0 Å². The van der Waals surface area contributed by atoms with Crippen LogP contribution in [0.25, 0.3) is 0 Å². The van der Waals surface area contributed by atoms with Crippen molar-refractivity contribution in [1.29, 1.82) is 5.26 Å². The number of ether oxygens (including phenoxy) is 1. The number of nitrogens with one attached hydrogen (secondary N) is 1. The van der Waals surface area contributed by atoms with Crippen LogP contribution in [0.15, 0.2) is 12.4 Å². The Hall–Kier alpha value is -1.67. The van der Waals surface area contributed by atoms with Gasteiger partial charge in [-0.1, -0.05) is 6.42 Å². The molecular weight excluding hydrogens is 204 g/mol. The van der Waals surface area contributed by atoms with Gasteiger partial charge < -0.3 is 10.1 Å². The molecule has 5 heteroatoms. The summed E-state index contributed by atoms with van der Waals surface area (Å²) >= 11 is 0. The highest BCUT2D eigenvalue weighted by molar-refractivity contribution is 5.18. The number of nitriles is 1. The van der Waals surface area contributed by atoms with Crippen molar-refractivity contribution in [3.05, 3.63) is 18.1 Å². The van der Waals surface area contributed by atoms with Crippen LogP contribution in [0.1, 0.15) is 25.0 Å². The first-order valence-corrected chi connectivity index (χ1v) is 5.47. The topological polar surface area (TPSA) is 70.8 Å². The molecule has 1 fully saturated rings. The zero-order valence-electron chi connectivity index (χ0n) is 9.02. The van der Waals surface area contributed by atoms with Gasteiger partial charge in [0.05, 0.1) is 12.4 Å². The Morgan fingerprint density at radius 3 is 3.00 bits per heavy atom. The van der Waals surface area contributed by atoms with Gasteiger partial charge in [-0.3, -0.25) is 0 Å². The van der Waals surface area contributed by atoms with Gasteiger partial charge in [-0.25, -0.2) is 9.97 Å². The maximum atomic E-state index is 8.56. The molecule has 1 aromatic rings. The Labute approximate surface area is 94.5 Å². The summed E-state index contributed by atoms with van der Waals surface area (Å²) in [5.74, 6) is 0.478. The molecule has 0 spiro atoms. The molecule has 0 bridgehead atoms. The number of nitrogens with zero attached hydrogens (tertiary/aromatic N) is 3. The van der Waals surface area contributed by atoms with E-state index in [9.17, 15) is 0 Å². The van der Waals surface area contributed by atoms with Crippen molar-refractivity contribution in [2.75, 3.05) is 13.2 Å². The predicted octanol–water partition coefficient (Wildman–Crippen LogP) is 0.869. The van der Waals surface area contributed by atoms with Crippen molar-refractivity contribution in [3.63, 3.8) is 0 Å². The predicted molar refractivity (Wildman–Crippen MR) is 57.9 cm³/mol. The number of hydrogen-bond acceptors (Lipinski definition) is 5. The molecule has 1 aliphatic rings. The van der Waals surface area contributed by atoms with Crippen molar-refractivity contribution in [2.24, 2.45) is 0 Å². The first kappa shape index (κ1) is 10.8. The molecule has 16 heavy (non-hydrogen) atoms. The number of hydrogen-bond donors (Lipinski definition) is 1. The van der Waals surface area contributed by atoms with Crippen LogP contribution in [0.2, 0.25) is 0 Å². The van der Waals surface area contributed by atoms with Gasteiger partial charge in [-0.2, -0.15) is 5.26 Å². The largest absolute Gasteiger partial charge is 0.475 e. The fourth-order valence-electron chi connectivity index (χ4n) is 1.70. The van der Waals surface area contributed by atoms with Crippen LogP contribution in [0, 0.1) is 11.3 Å². The summed E-state index contributed by atoms with van der Waals surface area (Å²) in [4.78, 5) is 7.89. The number of rotatable bonds is 3. The van der Waals surface area contributed by atoms with Gasteiger partial charge >= 0.3 is 0 Å². The van der Waals surface area contributed by atoms with Crippen molar-refractivity contribution >= 4 is 0 Å². The Balaban J connectivity index is 1.82. The molecule has 1 unspecified atom stereocenters. The number of aromatic nitrogens is 2. The molecule has 0 aromatic carbocycles. The van der Waals surface area contributed by atoms with Gasteiger partial charge in [0.15, 0.2) is 5.69 Å². The van der Waals surface area contributed by atoms with Gasteiger partial charge in [0, 0.05) is 6.04 Å². The Morgan fingerprint density at radius 2 is 2.38 bits per heavy atom. The summed E-state index contributed by atoms with van der Waals surface area (Å²) in [6.45, 7) is 1.67. The molecule has 2 rings (SSSR count). The van der Waals surface area contributed by atoms with E-state index in [0.717, 1.165) is 13.0 Å². The highest BCUT2D eigenvalue weighted by Crippen LogP contribution is 2.09. The Morgan fingerprint density at radius 1 is 1.44 bits per heavy atom. The quantitative estimate of drug-likeness (QED) is 0.815. The van der Waals surface area contributed by atoms with E-state index in [1.54, 1.807) is 0 Å². The molecule has 5 nitrogen and oxygen atoms in total. The molecule has 1 aromatic heterocycles. The second kappa shape index (κ2) is 5.42. The van der Waals surface area contributed by atoms with E-state index in [1.807, 2.05) is 6.07 Å². The maximum Gasteiger partial charge on any atom is 0.232 e. The average molecular weight is 218 g/mol. The second-order valence-corrected chi connectivity index (χ2v) is 3.81. The fourth-order valence-corrected chi connectivity index (χ4v) is 1.70. The Bertz CT molecular complexity index is 365. The normalized spacial score (nSPS) is 20.1. The van der Waals surface area contributed by atoms with Crippen LogP contribution in [0.5, 0.6) is 5.88 Å². The molecule has 1 saturated heterocycles. The second-order valence-electron chi connectivity index (χ2n) is 3.81. The van der Waals surface area contributed by atoms with Gasteiger partial charge in [0.1, 0.15) is 12.7 Å². The lowest BCUT2D eigenvalue weighted by atomic mass is 10.1. The molecule has 0 radical (unpaired) electrons. The number of piperidine rings is 1. The summed E-state index contributed by atoms with van der Waals surface area (Å²) in [6, 6.07) is 2.33. The molecule has 2 heterocycles. The van der Waals surface area contributed by atoms with Gasteiger partial charge in [0.2, 0.25) is 5.88 Å². The van der Waals surface area contributed by atoms with E-state index in [-0.39, 0.29) is 0 Å². The van der Waals surface area contributed by atoms with Crippen LogP contribution in [-0.4, -0.2) is 29.2 Å². The molecule has 1 aliphatic heterocycles. The Kier molecular flexibility index (Phi) is 3.67. The standard InChI is InChI=1S/C11H14N4O/c12-5-10-6-15-11(7-14-10)16-8-9-3-1-2-4-13-9/h6-7,9,13H,1-4,8H2. The molecule has 0 aliphatic carbocycles. The minimum absolute atomic E-state index is 0.308.